The molecule has 0 N–H and O–H groups in total. The molecule has 0 bridgehead atoms. The molecule has 0 aliphatic rings. The zero-order chi connectivity index (χ0) is 23.1. The van der Waals surface area contributed by atoms with Crippen LogP contribution < -0.4 is 0 Å². The molecule has 5 aromatic carbocycles. The van der Waals surface area contributed by atoms with E-state index in [1.165, 1.54) is 31.6 Å². The lowest BCUT2D eigenvalue weighted by molar-refractivity contribution is 0.669. The van der Waals surface area contributed by atoms with Gasteiger partial charge in [-0.05, 0) is 58.8 Å². The summed E-state index contributed by atoms with van der Waals surface area (Å²) in [5.74, 6) is 0.749. The van der Waals surface area contributed by atoms with Crippen LogP contribution in [0.4, 0.5) is 0 Å². The second-order valence-corrected chi connectivity index (χ2v) is 10.1. The van der Waals surface area contributed by atoms with Crippen molar-refractivity contribution in [1.82, 2.24) is 9.97 Å². The Bertz CT molecular complexity index is 2130. The lowest BCUT2D eigenvalue weighted by atomic mass is 10.0. The number of rotatable bonds is 1. The number of furan rings is 1. The number of fused-ring (bicyclic) bond motifs is 10. The van der Waals surface area contributed by atoms with Crippen LogP contribution in [-0.4, -0.2) is 9.97 Å². The largest absolute Gasteiger partial charge is 0.456 e. The summed E-state index contributed by atoms with van der Waals surface area (Å²) < 4.78 is 8.60. The quantitative estimate of drug-likeness (QED) is 0.242. The molecule has 0 aliphatic carbocycles. The average molecular weight is 467 g/mol. The molecular formula is C31H18N2OS. The molecule has 8 aromatic rings. The molecule has 0 spiro atoms. The van der Waals surface area contributed by atoms with Crippen LogP contribution in [0.25, 0.3) is 75.2 Å². The number of aromatic nitrogens is 2. The summed E-state index contributed by atoms with van der Waals surface area (Å²) in [6.07, 6.45) is 0. The minimum atomic E-state index is 0.749. The maximum absolute atomic E-state index is 6.20. The van der Waals surface area contributed by atoms with Crippen molar-refractivity contribution in [3.8, 4) is 11.4 Å². The van der Waals surface area contributed by atoms with E-state index in [-0.39, 0.29) is 0 Å². The molecule has 4 heteroatoms. The van der Waals surface area contributed by atoms with Gasteiger partial charge < -0.3 is 4.42 Å². The first-order valence-corrected chi connectivity index (χ1v) is 12.5. The first-order chi connectivity index (χ1) is 17.2. The summed E-state index contributed by atoms with van der Waals surface area (Å²) in [6.45, 7) is 2.09. The van der Waals surface area contributed by atoms with Gasteiger partial charge in [-0.3, -0.25) is 0 Å². The molecule has 0 unspecified atom stereocenters. The fraction of sp³-hybridized carbons (Fsp3) is 0.0323. The number of thiophene rings is 1. The van der Waals surface area contributed by atoms with Gasteiger partial charge in [0, 0.05) is 26.4 Å². The zero-order valence-corrected chi connectivity index (χ0v) is 19.7. The van der Waals surface area contributed by atoms with Crippen molar-refractivity contribution < 1.29 is 4.42 Å². The highest BCUT2D eigenvalue weighted by atomic mass is 32.1. The Labute approximate surface area is 204 Å². The predicted molar refractivity (Wildman–Crippen MR) is 147 cm³/mol. The van der Waals surface area contributed by atoms with Gasteiger partial charge in [-0.25, -0.2) is 9.97 Å². The molecule has 0 saturated heterocycles. The highest BCUT2D eigenvalue weighted by molar-refractivity contribution is 7.26. The van der Waals surface area contributed by atoms with E-state index in [0.717, 1.165) is 49.2 Å². The Hall–Kier alpha value is -4.28. The average Bonchev–Trinajstić information content (AvgIpc) is 3.47. The van der Waals surface area contributed by atoms with Crippen molar-refractivity contribution in [3.63, 3.8) is 0 Å². The van der Waals surface area contributed by atoms with E-state index in [9.17, 15) is 0 Å². The van der Waals surface area contributed by atoms with Gasteiger partial charge in [0.2, 0.25) is 0 Å². The van der Waals surface area contributed by atoms with E-state index >= 15 is 0 Å². The van der Waals surface area contributed by atoms with Crippen molar-refractivity contribution in [2.75, 3.05) is 0 Å². The summed E-state index contributed by atoms with van der Waals surface area (Å²) in [6, 6.07) is 31.9. The highest BCUT2D eigenvalue weighted by Crippen LogP contribution is 2.40. The first-order valence-electron chi connectivity index (χ1n) is 11.7. The van der Waals surface area contributed by atoms with Crippen LogP contribution in [0.5, 0.6) is 0 Å². The maximum Gasteiger partial charge on any atom is 0.160 e. The lowest BCUT2D eigenvalue weighted by Crippen LogP contribution is -1.92. The normalized spacial score (nSPS) is 12.1. The van der Waals surface area contributed by atoms with E-state index < -0.39 is 0 Å². The van der Waals surface area contributed by atoms with Crippen LogP contribution in [0.15, 0.2) is 95.4 Å². The molecule has 3 heterocycles. The van der Waals surface area contributed by atoms with Crippen molar-refractivity contribution >= 4 is 75.1 Å². The van der Waals surface area contributed by atoms with Crippen LogP contribution in [0.3, 0.4) is 0 Å². The molecule has 164 valence electrons. The van der Waals surface area contributed by atoms with Gasteiger partial charge in [0.15, 0.2) is 5.82 Å². The SMILES string of the molecule is Cc1nc(-c2ccc3oc4ccc5ccccc5c4c3c2)nc2c1sc1ccc3ccccc3c12. The van der Waals surface area contributed by atoms with Crippen LogP contribution in [0.2, 0.25) is 0 Å². The Balaban J connectivity index is 1.44. The number of benzene rings is 5. The van der Waals surface area contributed by atoms with Crippen LogP contribution in [0, 0.1) is 6.92 Å². The standard InChI is InChI=1S/C31H18N2OS/c1-17-30-29(28-22-9-5-3-7-19(22)12-15-26(28)35-30)33-31(32-17)20-11-13-24-23(16-20)27-21-8-4-2-6-18(21)10-14-25(27)34-24/h2-16H,1H3. The molecule has 0 radical (unpaired) electrons. The maximum atomic E-state index is 6.20. The Morgan fingerprint density at radius 3 is 2.20 bits per heavy atom. The van der Waals surface area contributed by atoms with E-state index in [0.29, 0.717) is 0 Å². The van der Waals surface area contributed by atoms with Gasteiger partial charge in [-0.15, -0.1) is 11.3 Å². The van der Waals surface area contributed by atoms with Crippen molar-refractivity contribution in [3.05, 3.63) is 96.7 Å². The van der Waals surface area contributed by atoms with E-state index in [1.807, 2.05) is 6.07 Å². The fourth-order valence-electron chi connectivity index (χ4n) is 5.36. The summed E-state index contributed by atoms with van der Waals surface area (Å²) in [5, 5.41) is 8.33. The van der Waals surface area contributed by atoms with Crippen LogP contribution in [0.1, 0.15) is 5.69 Å². The van der Waals surface area contributed by atoms with E-state index in [1.54, 1.807) is 11.3 Å². The highest BCUT2D eigenvalue weighted by Gasteiger charge is 2.17. The third-order valence-electron chi connectivity index (χ3n) is 6.99. The van der Waals surface area contributed by atoms with Gasteiger partial charge in [0.25, 0.3) is 0 Å². The van der Waals surface area contributed by atoms with Gasteiger partial charge in [0.05, 0.1) is 15.9 Å². The predicted octanol–water partition coefficient (Wildman–Crippen LogP) is 9.03. The van der Waals surface area contributed by atoms with E-state index in [2.05, 4.69) is 91.9 Å². The van der Waals surface area contributed by atoms with Gasteiger partial charge >= 0.3 is 0 Å². The third-order valence-corrected chi connectivity index (χ3v) is 8.25. The molecule has 35 heavy (non-hydrogen) atoms. The Morgan fingerprint density at radius 1 is 0.657 bits per heavy atom. The topological polar surface area (TPSA) is 38.9 Å². The summed E-state index contributed by atoms with van der Waals surface area (Å²) >= 11 is 1.77. The smallest absolute Gasteiger partial charge is 0.160 e. The number of aryl methyl sites for hydroxylation is 1. The second-order valence-electron chi connectivity index (χ2n) is 9.05. The molecule has 3 aromatic heterocycles. The summed E-state index contributed by atoms with van der Waals surface area (Å²) in [4.78, 5) is 10.1. The summed E-state index contributed by atoms with van der Waals surface area (Å²) in [5.41, 5.74) is 4.83. The molecule has 0 atom stereocenters. The van der Waals surface area contributed by atoms with Gasteiger partial charge in [-0.1, -0.05) is 60.7 Å². The first kappa shape index (κ1) is 19.1. The molecular weight excluding hydrogens is 448 g/mol. The van der Waals surface area contributed by atoms with Crippen molar-refractivity contribution in [2.45, 2.75) is 6.92 Å². The Morgan fingerprint density at radius 2 is 1.37 bits per heavy atom. The molecule has 3 nitrogen and oxygen atoms in total. The van der Waals surface area contributed by atoms with E-state index in [4.69, 9.17) is 14.4 Å². The second kappa shape index (κ2) is 6.87. The minimum absolute atomic E-state index is 0.749. The molecule has 0 amide bonds. The lowest BCUT2D eigenvalue weighted by Gasteiger charge is -2.05. The summed E-state index contributed by atoms with van der Waals surface area (Å²) in [7, 11) is 0. The molecule has 0 saturated carbocycles. The minimum Gasteiger partial charge on any atom is -0.456 e. The zero-order valence-electron chi connectivity index (χ0n) is 18.9. The number of hydrogen-bond acceptors (Lipinski definition) is 4. The van der Waals surface area contributed by atoms with Gasteiger partial charge in [0.1, 0.15) is 11.2 Å². The molecule has 0 aliphatic heterocycles. The monoisotopic (exact) mass is 466 g/mol. The fourth-order valence-corrected chi connectivity index (χ4v) is 6.46. The van der Waals surface area contributed by atoms with Crippen LogP contribution >= 0.6 is 11.3 Å². The number of nitrogens with zero attached hydrogens (tertiary/aromatic N) is 2. The van der Waals surface area contributed by atoms with Gasteiger partial charge in [-0.2, -0.15) is 0 Å². The van der Waals surface area contributed by atoms with Crippen molar-refractivity contribution in [1.29, 1.82) is 0 Å². The van der Waals surface area contributed by atoms with Crippen molar-refractivity contribution in [2.24, 2.45) is 0 Å². The number of hydrogen-bond donors (Lipinski definition) is 0. The molecule has 0 fully saturated rings. The molecule has 8 rings (SSSR count). The third kappa shape index (κ3) is 2.66. The Kier molecular flexibility index (Phi) is 3.75. The van der Waals surface area contributed by atoms with Crippen LogP contribution in [-0.2, 0) is 0 Å².